The summed E-state index contributed by atoms with van der Waals surface area (Å²) in [6, 6.07) is 12.3. The second kappa shape index (κ2) is 18.2. The number of nitrogens with zero attached hydrogens (tertiary/aromatic N) is 4. The summed E-state index contributed by atoms with van der Waals surface area (Å²) in [6.07, 6.45) is 4.89. The van der Waals surface area contributed by atoms with E-state index in [1.54, 1.807) is 16.0 Å². The van der Waals surface area contributed by atoms with Crippen LogP contribution in [0.25, 0.3) is 22.3 Å². The van der Waals surface area contributed by atoms with Crippen molar-refractivity contribution in [3.63, 3.8) is 0 Å². The summed E-state index contributed by atoms with van der Waals surface area (Å²) in [5.41, 5.74) is 3.60. The van der Waals surface area contributed by atoms with Crippen LogP contribution in [0.3, 0.4) is 0 Å². The Bertz CT molecular complexity index is 2060. The number of hydrogen-bond donors (Lipinski definition) is 5. The van der Waals surface area contributed by atoms with E-state index >= 15 is 0 Å². The lowest BCUT2D eigenvalue weighted by atomic mass is 9.97. The maximum Gasteiger partial charge on any atom is 0.407 e. The van der Waals surface area contributed by atoms with E-state index in [1.165, 1.54) is 28.1 Å². The van der Waals surface area contributed by atoms with Crippen molar-refractivity contribution in [1.82, 2.24) is 40.4 Å². The van der Waals surface area contributed by atoms with Gasteiger partial charge in [-0.05, 0) is 88.3 Å². The van der Waals surface area contributed by atoms with Crippen molar-refractivity contribution in [1.29, 1.82) is 0 Å². The molecule has 2 saturated heterocycles. The number of rotatable bonds is 9. The topological polar surface area (TPSA) is 195 Å². The number of benzene rings is 2. The predicted molar refractivity (Wildman–Crippen MR) is 210 cm³/mol. The number of fused-ring (bicyclic) bond motifs is 1. The largest absolute Gasteiger partial charge is 0.453 e. The number of carbonyl (C=O) groups is 4. The van der Waals surface area contributed by atoms with Crippen LogP contribution in [0.5, 0.6) is 0 Å². The van der Waals surface area contributed by atoms with Gasteiger partial charge in [-0.1, -0.05) is 37.8 Å². The molecule has 298 valence electrons. The molecule has 2 aliphatic rings. The summed E-state index contributed by atoms with van der Waals surface area (Å²) in [4.78, 5) is 66.8. The van der Waals surface area contributed by atoms with Crippen molar-refractivity contribution in [3.8, 4) is 23.1 Å². The summed E-state index contributed by atoms with van der Waals surface area (Å²) in [5.74, 6) is 7.94. The number of imidazole rings is 2. The third-order valence-electron chi connectivity index (χ3n) is 10.2. The molecule has 2 aliphatic heterocycles. The van der Waals surface area contributed by atoms with Gasteiger partial charge in [0.25, 0.3) is 0 Å². The minimum absolute atomic E-state index is 0.000589. The Morgan fingerprint density at radius 1 is 0.911 bits per heavy atom. The first-order valence-electron chi connectivity index (χ1n) is 18.8. The average molecular weight is 769 g/mol. The highest BCUT2D eigenvalue weighted by atomic mass is 16.5. The Labute approximate surface area is 326 Å². The quantitative estimate of drug-likeness (QED) is 0.113. The second-order valence-corrected chi connectivity index (χ2v) is 14.9. The van der Waals surface area contributed by atoms with Crippen LogP contribution in [-0.2, 0) is 19.1 Å². The van der Waals surface area contributed by atoms with Crippen LogP contribution in [0.4, 0.5) is 9.59 Å². The summed E-state index contributed by atoms with van der Waals surface area (Å²) in [5, 5.41) is 15.8. The van der Waals surface area contributed by atoms with Gasteiger partial charge in [-0.25, -0.2) is 19.6 Å². The number of H-pyrrole nitrogens is 2. The fourth-order valence-electron chi connectivity index (χ4n) is 6.61. The van der Waals surface area contributed by atoms with Crippen molar-refractivity contribution < 1.29 is 33.8 Å². The molecule has 2 fully saturated rings. The van der Waals surface area contributed by atoms with E-state index < -0.39 is 23.6 Å². The highest BCUT2D eigenvalue weighted by molar-refractivity contribution is 5.87. The zero-order valence-electron chi connectivity index (χ0n) is 33.0. The Balaban J connectivity index is 0.000000530. The lowest BCUT2D eigenvalue weighted by molar-refractivity contribution is -0.140. The molecule has 4 heterocycles. The lowest BCUT2D eigenvalue weighted by Gasteiger charge is -2.34. The Kier molecular flexibility index (Phi) is 13.4. The van der Waals surface area contributed by atoms with Gasteiger partial charge in [0.2, 0.25) is 12.3 Å². The number of hydrogen-bond acceptors (Lipinski definition) is 9. The first-order chi connectivity index (χ1) is 26.7. The Morgan fingerprint density at radius 2 is 1.55 bits per heavy atom. The van der Waals surface area contributed by atoms with Crippen molar-refractivity contribution in [3.05, 3.63) is 71.4 Å². The number of ether oxygens (including phenoxy) is 2. The van der Waals surface area contributed by atoms with Gasteiger partial charge in [-0.2, -0.15) is 0 Å². The number of carbonyl (C=O) groups excluding carboxylic acids is 4. The van der Waals surface area contributed by atoms with Gasteiger partial charge in [0.15, 0.2) is 0 Å². The molecule has 0 spiro atoms. The molecule has 15 heteroatoms. The third-order valence-corrected chi connectivity index (χ3v) is 10.2. The highest BCUT2D eigenvalue weighted by Crippen LogP contribution is 2.33. The minimum atomic E-state index is -1.50. The van der Waals surface area contributed by atoms with E-state index in [1.807, 2.05) is 63.2 Å². The zero-order chi connectivity index (χ0) is 40.6. The normalized spacial score (nSPS) is 17.7. The molecule has 2 aromatic heterocycles. The van der Waals surface area contributed by atoms with Crippen molar-refractivity contribution >= 4 is 35.5 Å². The lowest BCUT2D eigenvalue weighted by Crippen LogP contribution is -2.58. The van der Waals surface area contributed by atoms with E-state index in [4.69, 9.17) is 4.98 Å². The summed E-state index contributed by atoms with van der Waals surface area (Å²) in [6.45, 7) is 10.2. The molecule has 0 aliphatic carbocycles. The molecular formula is C41H52N8O7. The maximum absolute atomic E-state index is 13.5. The number of amides is 4. The number of aromatic nitrogens is 4. The van der Waals surface area contributed by atoms with E-state index in [9.17, 15) is 24.3 Å². The van der Waals surface area contributed by atoms with Gasteiger partial charge < -0.3 is 45.0 Å². The SMILES string of the molecule is COC(=O)NC(C(=O)N1CCCC1c1nc2ccc(C#Cc3ccc(-c4cnc(C5CCCN5C=O)[nH]4)cc3)cc2[nH]1)C(C)(C)O.COC(=O)NC(C)C(C)C. The maximum atomic E-state index is 13.5. The van der Waals surface area contributed by atoms with Gasteiger partial charge in [0.05, 0.1) is 54.8 Å². The number of aromatic amines is 2. The second-order valence-electron chi connectivity index (χ2n) is 14.9. The highest BCUT2D eigenvalue weighted by Gasteiger charge is 2.42. The van der Waals surface area contributed by atoms with E-state index in [-0.39, 0.29) is 24.2 Å². The van der Waals surface area contributed by atoms with Crippen LogP contribution in [0, 0.1) is 17.8 Å². The van der Waals surface area contributed by atoms with Gasteiger partial charge in [-0.15, -0.1) is 0 Å². The Hall–Kier alpha value is -5.88. The van der Waals surface area contributed by atoms with Crippen molar-refractivity contribution in [2.45, 2.75) is 90.1 Å². The fraction of sp³-hybridized carbons (Fsp3) is 0.463. The van der Waals surface area contributed by atoms with Gasteiger partial charge >= 0.3 is 12.2 Å². The number of nitrogens with one attached hydrogen (secondary N) is 4. The van der Waals surface area contributed by atoms with Crippen LogP contribution in [0.15, 0.2) is 48.7 Å². The molecule has 0 bridgehead atoms. The third kappa shape index (κ3) is 10.0. The minimum Gasteiger partial charge on any atom is -0.453 e. The van der Waals surface area contributed by atoms with E-state index in [0.29, 0.717) is 24.7 Å². The molecule has 4 unspecified atom stereocenters. The molecular weight excluding hydrogens is 716 g/mol. The first-order valence-corrected chi connectivity index (χ1v) is 18.8. The predicted octanol–water partition coefficient (Wildman–Crippen LogP) is 5.19. The molecule has 15 nitrogen and oxygen atoms in total. The fourth-order valence-corrected chi connectivity index (χ4v) is 6.61. The number of methoxy groups -OCH3 is 2. The molecule has 0 radical (unpaired) electrons. The van der Waals surface area contributed by atoms with Crippen LogP contribution >= 0.6 is 0 Å². The first kappa shape index (κ1) is 41.3. The molecule has 4 amide bonds. The average Bonchev–Trinajstić information content (AvgIpc) is 4.01. The standard InChI is InChI=1S/C34H37N7O5.C7H15NO2/c1-34(2,45)29(39-33(44)46-3)32(43)41-17-5-7-28(41)31-36-24-15-12-22(18-25(24)37-31)9-8-21-10-13-23(14-11-21)26-19-35-30(38-26)27-6-4-16-40(27)20-42;1-5(2)6(3)8-7(9)10-4/h10-15,18-20,27-29,45H,4-7,16-17H2,1-3H3,(H,35,38)(H,36,37)(H,39,44);5-6H,1-4H3,(H,8,9). The van der Waals surface area contributed by atoms with E-state index in [2.05, 4.69) is 46.9 Å². The van der Waals surface area contributed by atoms with Crippen LogP contribution in [0.1, 0.15) is 95.2 Å². The molecule has 4 atom stereocenters. The monoisotopic (exact) mass is 768 g/mol. The molecule has 56 heavy (non-hydrogen) atoms. The zero-order valence-corrected chi connectivity index (χ0v) is 33.0. The van der Waals surface area contributed by atoms with Crippen LogP contribution in [0.2, 0.25) is 0 Å². The molecule has 5 N–H and O–H groups in total. The Morgan fingerprint density at radius 3 is 2.21 bits per heavy atom. The van der Waals surface area contributed by atoms with Gasteiger partial charge in [-0.3, -0.25) is 9.59 Å². The summed E-state index contributed by atoms with van der Waals surface area (Å²) < 4.78 is 9.09. The van der Waals surface area contributed by atoms with Crippen LogP contribution in [-0.4, -0.2) is 104 Å². The van der Waals surface area contributed by atoms with Crippen LogP contribution < -0.4 is 10.6 Å². The van der Waals surface area contributed by atoms with Crippen molar-refractivity contribution in [2.75, 3.05) is 27.3 Å². The van der Waals surface area contributed by atoms with E-state index in [0.717, 1.165) is 71.5 Å². The van der Waals surface area contributed by atoms with Gasteiger partial charge in [0, 0.05) is 30.3 Å². The van der Waals surface area contributed by atoms with Crippen molar-refractivity contribution in [2.24, 2.45) is 5.92 Å². The molecule has 4 aromatic rings. The summed E-state index contributed by atoms with van der Waals surface area (Å²) >= 11 is 0. The molecule has 6 rings (SSSR count). The number of likely N-dealkylation sites (tertiary alicyclic amines) is 2. The van der Waals surface area contributed by atoms with Gasteiger partial charge in [0.1, 0.15) is 17.7 Å². The number of alkyl carbamates (subject to hydrolysis) is 2. The number of aliphatic hydroxyl groups is 1. The molecule has 0 saturated carbocycles. The summed E-state index contributed by atoms with van der Waals surface area (Å²) in [7, 11) is 2.57. The molecule has 2 aromatic carbocycles. The smallest absolute Gasteiger partial charge is 0.407 e.